The SMILES string of the molecule is CCN(C(C)=O)c1nc(C=CC(=O)c2cccc(N3CCOC3=O)c2)cs1. The number of thiazole rings is 1. The molecule has 0 aliphatic carbocycles. The molecular formula is C19H19N3O4S. The Balaban J connectivity index is 1.73. The van der Waals surface area contributed by atoms with Gasteiger partial charge in [-0.1, -0.05) is 12.1 Å². The summed E-state index contributed by atoms with van der Waals surface area (Å²) in [6, 6.07) is 6.86. The van der Waals surface area contributed by atoms with Crippen LogP contribution in [0.25, 0.3) is 6.08 Å². The van der Waals surface area contributed by atoms with Gasteiger partial charge in [0.15, 0.2) is 10.9 Å². The largest absolute Gasteiger partial charge is 0.447 e. The van der Waals surface area contributed by atoms with E-state index >= 15 is 0 Å². The van der Waals surface area contributed by atoms with Gasteiger partial charge in [-0.2, -0.15) is 0 Å². The van der Waals surface area contributed by atoms with E-state index in [9.17, 15) is 14.4 Å². The second-order valence-electron chi connectivity index (χ2n) is 5.83. The van der Waals surface area contributed by atoms with E-state index in [1.165, 1.54) is 29.2 Å². The standard InChI is InChI=1S/C19H19N3O4S/c1-3-21(13(2)23)18-20-15(12-27-18)7-8-17(24)14-5-4-6-16(11-14)22-9-10-26-19(22)25/h4-8,11-12H,3,9-10H2,1-2H3. The highest BCUT2D eigenvalue weighted by molar-refractivity contribution is 7.14. The van der Waals surface area contributed by atoms with Crippen LogP contribution in [0, 0.1) is 0 Å². The number of benzene rings is 1. The lowest BCUT2D eigenvalue weighted by Crippen LogP contribution is -2.27. The van der Waals surface area contributed by atoms with Crippen molar-refractivity contribution in [3.8, 4) is 0 Å². The number of hydrogen-bond acceptors (Lipinski definition) is 6. The van der Waals surface area contributed by atoms with Crippen molar-refractivity contribution in [3.63, 3.8) is 0 Å². The molecular weight excluding hydrogens is 366 g/mol. The van der Waals surface area contributed by atoms with Gasteiger partial charge >= 0.3 is 6.09 Å². The fraction of sp³-hybridized carbons (Fsp3) is 0.263. The Labute approximate surface area is 160 Å². The predicted octanol–water partition coefficient (Wildman–Crippen LogP) is 3.37. The summed E-state index contributed by atoms with van der Waals surface area (Å²) in [6.07, 6.45) is 2.65. The van der Waals surface area contributed by atoms with Crippen molar-refractivity contribution < 1.29 is 19.1 Å². The molecule has 27 heavy (non-hydrogen) atoms. The first-order valence-corrected chi connectivity index (χ1v) is 9.38. The van der Waals surface area contributed by atoms with Gasteiger partial charge in [0.05, 0.1) is 12.2 Å². The minimum absolute atomic E-state index is 0.0734. The van der Waals surface area contributed by atoms with Crippen LogP contribution in [0.5, 0.6) is 0 Å². The van der Waals surface area contributed by atoms with Gasteiger partial charge in [0.1, 0.15) is 6.61 Å². The molecule has 1 fully saturated rings. The molecule has 2 amide bonds. The molecule has 140 valence electrons. The van der Waals surface area contributed by atoms with Crippen molar-refractivity contribution in [2.75, 3.05) is 29.5 Å². The number of anilines is 2. The van der Waals surface area contributed by atoms with Crippen LogP contribution in [0.15, 0.2) is 35.7 Å². The van der Waals surface area contributed by atoms with Crippen LogP contribution in [0.2, 0.25) is 0 Å². The number of ether oxygens (including phenoxy) is 1. The van der Waals surface area contributed by atoms with Crippen molar-refractivity contribution in [1.29, 1.82) is 0 Å². The zero-order valence-electron chi connectivity index (χ0n) is 15.0. The van der Waals surface area contributed by atoms with E-state index in [2.05, 4.69) is 4.98 Å². The van der Waals surface area contributed by atoms with Crippen LogP contribution < -0.4 is 9.80 Å². The lowest BCUT2D eigenvalue weighted by atomic mass is 10.1. The van der Waals surface area contributed by atoms with Gasteiger partial charge in [0.2, 0.25) is 5.91 Å². The Morgan fingerprint density at radius 2 is 2.22 bits per heavy atom. The normalized spacial score (nSPS) is 13.9. The van der Waals surface area contributed by atoms with Crippen LogP contribution in [-0.2, 0) is 9.53 Å². The highest BCUT2D eigenvalue weighted by Gasteiger charge is 2.23. The van der Waals surface area contributed by atoms with E-state index in [-0.39, 0.29) is 11.7 Å². The lowest BCUT2D eigenvalue weighted by molar-refractivity contribution is -0.116. The molecule has 0 atom stereocenters. The minimum atomic E-state index is -0.406. The Hall–Kier alpha value is -3.00. The second kappa shape index (κ2) is 8.13. The number of hydrogen-bond donors (Lipinski definition) is 0. The summed E-state index contributed by atoms with van der Waals surface area (Å²) < 4.78 is 4.93. The quantitative estimate of drug-likeness (QED) is 0.563. The number of nitrogens with zero attached hydrogens (tertiary/aromatic N) is 3. The Morgan fingerprint density at radius 1 is 1.41 bits per heavy atom. The number of rotatable bonds is 6. The smallest absolute Gasteiger partial charge is 0.414 e. The number of allylic oxidation sites excluding steroid dienone is 1. The predicted molar refractivity (Wildman–Crippen MR) is 104 cm³/mol. The molecule has 1 aromatic carbocycles. The summed E-state index contributed by atoms with van der Waals surface area (Å²) in [5.41, 5.74) is 1.72. The molecule has 8 heteroatoms. The average Bonchev–Trinajstić information content (AvgIpc) is 3.29. The van der Waals surface area contributed by atoms with Gasteiger partial charge in [0, 0.05) is 30.1 Å². The first-order valence-electron chi connectivity index (χ1n) is 8.50. The maximum atomic E-state index is 12.5. The molecule has 0 N–H and O–H groups in total. The third-order valence-corrected chi connectivity index (χ3v) is 4.93. The molecule has 1 aliphatic rings. The summed E-state index contributed by atoms with van der Waals surface area (Å²) in [6.45, 7) is 4.73. The number of cyclic esters (lactones) is 1. The third kappa shape index (κ3) is 4.22. The number of aromatic nitrogens is 1. The molecule has 0 unspecified atom stereocenters. The van der Waals surface area contributed by atoms with Crippen molar-refractivity contribution in [3.05, 3.63) is 47.0 Å². The molecule has 2 heterocycles. The Morgan fingerprint density at radius 3 is 2.89 bits per heavy atom. The fourth-order valence-corrected chi connectivity index (χ4v) is 3.58. The number of carbonyl (C=O) groups excluding carboxylic acids is 3. The number of carbonyl (C=O) groups is 3. The summed E-state index contributed by atoms with van der Waals surface area (Å²) in [5, 5.41) is 2.40. The van der Waals surface area contributed by atoms with Crippen molar-refractivity contribution >= 4 is 46.0 Å². The fourth-order valence-electron chi connectivity index (χ4n) is 2.68. The molecule has 1 saturated heterocycles. The molecule has 1 aliphatic heterocycles. The minimum Gasteiger partial charge on any atom is -0.447 e. The van der Waals surface area contributed by atoms with Crippen molar-refractivity contribution in [2.45, 2.75) is 13.8 Å². The third-order valence-electron chi connectivity index (χ3n) is 4.05. The molecule has 1 aromatic heterocycles. The van der Waals surface area contributed by atoms with E-state index in [0.29, 0.717) is 41.8 Å². The van der Waals surface area contributed by atoms with Crippen LogP contribution in [0.3, 0.4) is 0 Å². The zero-order chi connectivity index (χ0) is 19.4. The first kappa shape index (κ1) is 18.8. The van der Waals surface area contributed by atoms with E-state index in [0.717, 1.165) is 0 Å². The van der Waals surface area contributed by atoms with E-state index < -0.39 is 6.09 Å². The van der Waals surface area contributed by atoms with Gasteiger partial charge in [0.25, 0.3) is 0 Å². The summed E-state index contributed by atoms with van der Waals surface area (Å²) in [4.78, 5) is 43.2. The van der Waals surface area contributed by atoms with Crippen LogP contribution in [0.1, 0.15) is 29.9 Å². The maximum Gasteiger partial charge on any atom is 0.414 e. The molecule has 7 nitrogen and oxygen atoms in total. The van der Waals surface area contributed by atoms with E-state index in [1.54, 1.807) is 40.6 Å². The van der Waals surface area contributed by atoms with Crippen molar-refractivity contribution in [2.24, 2.45) is 0 Å². The molecule has 0 radical (unpaired) electrons. The van der Waals surface area contributed by atoms with Crippen molar-refractivity contribution in [1.82, 2.24) is 4.98 Å². The second-order valence-corrected chi connectivity index (χ2v) is 6.67. The highest BCUT2D eigenvalue weighted by Crippen LogP contribution is 2.23. The molecule has 0 bridgehead atoms. The van der Waals surface area contributed by atoms with E-state index in [4.69, 9.17) is 4.74 Å². The molecule has 2 aromatic rings. The summed E-state index contributed by atoms with van der Waals surface area (Å²) >= 11 is 1.35. The van der Waals surface area contributed by atoms with Crippen LogP contribution >= 0.6 is 11.3 Å². The maximum absolute atomic E-state index is 12.5. The van der Waals surface area contributed by atoms with Gasteiger partial charge in [-0.05, 0) is 31.2 Å². The monoisotopic (exact) mass is 385 g/mol. The van der Waals surface area contributed by atoms with Crippen LogP contribution in [0.4, 0.5) is 15.6 Å². The van der Waals surface area contributed by atoms with Gasteiger partial charge in [-0.15, -0.1) is 11.3 Å². The average molecular weight is 385 g/mol. The number of ketones is 1. The molecule has 0 saturated carbocycles. The van der Waals surface area contributed by atoms with Gasteiger partial charge in [-0.3, -0.25) is 19.4 Å². The van der Waals surface area contributed by atoms with Gasteiger partial charge < -0.3 is 4.74 Å². The summed E-state index contributed by atoms with van der Waals surface area (Å²) in [7, 11) is 0. The Kier molecular flexibility index (Phi) is 5.66. The highest BCUT2D eigenvalue weighted by atomic mass is 32.1. The molecule has 0 spiro atoms. The topological polar surface area (TPSA) is 79.8 Å². The molecule has 3 rings (SSSR count). The zero-order valence-corrected chi connectivity index (χ0v) is 15.9. The van der Waals surface area contributed by atoms with Crippen LogP contribution in [-0.4, -0.2) is 42.5 Å². The lowest BCUT2D eigenvalue weighted by Gasteiger charge is -2.14. The Bertz CT molecular complexity index is 906. The van der Waals surface area contributed by atoms with Gasteiger partial charge in [-0.25, -0.2) is 9.78 Å². The summed E-state index contributed by atoms with van der Waals surface area (Å²) in [5.74, 6) is -0.270. The van der Waals surface area contributed by atoms with E-state index in [1.807, 2.05) is 6.92 Å². The first-order chi connectivity index (χ1) is 13.0. The number of amides is 2.